The van der Waals surface area contributed by atoms with Crippen molar-refractivity contribution in [2.75, 3.05) is 0 Å². The van der Waals surface area contributed by atoms with Gasteiger partial charge in [0, 0.05) is 11.4 Å². The van der Waals surface area contributed by atoms with Gasteiger partial charge in [0.25, 0.3) is 0 Å². The third-order valence-electron chi connectivity index (χ3n) is 2.75. The van der Waals surface area contributed by atoms with Gasteiger partial charge in [-0.2, -0.15) is 0 Å². The van der Waals surface area contributed by atoms with E-state index in [0.29, 0.717) is 5.56 Å². The van der Waals surface area contributed by atoms with Gasteiger partial charge >= 0.3 is 0 Å². The van der Waals surface area contributed by atoms with E-state index in [1.807, 2.05) is 26.0 Å². The Morgan fingerprint density at radius 3 is 2.00 bits per heavy atom. The van der Waals surface area contributed by atoms with Gasteiger partial charge in [0.15, 0.2) is 5.82 Å². The van der Waals surface area contributed by atoms with E-state index in [1.165, 1.54) is 12.1 Å². The summed E-state index contributed by atoms with van der Waals surface area (Å²) in [5, 5.41) is 0. The van der Waals surface area contributed by atoms with E-state index in [2.05, 4.69) is 0 Å². The third kappa shape index (κ3) is 1.52. The van der Waals surface area contributed by atoms with Crippen LogP contribution < -0.4 is 0 Å². The van der Waals surface area contributed by atoms with Crippen LogP contribution in [0, 0.1) is 32.4 Å². The van der Waals surface area contributed by atoms with E-state index in [4.69, 9.17) is 0 Å². The smallest absolute Gasteiger partial charge is 0.153 e. The first-order valence-corrected chi connectivity index (χ1v) is 5.12. The van der Waals surface area contributed by atoms with Gasteiger partial charge in [0.1, 0.15) is 11.5 Å². The lowest BCUT2D eigenvalue weighted by Crippen LogP contribution is -2.06. The third-order valence-corrected chi connectivity index (χ3v) is 2.75. The first kappa shape index (κ1) is 10.9. The summed E-state index contributed by atoms with van der Waals surface area (Å²) >= 11 is 0. The molecule has 0 saturated carbocycles. The fraction of sp³-hybridized carbons (Fsp3) is 0.231. The Kier molecular flexibility index (Phi) is 2.54. The zero-order valence-electron chi connectivity index (χ0n) is 9.51. The highest BCUT2D eigenvalue weighted by Crippen LogP contribution is 2.24. The molecule has 3 heteroatoms. The molecule has 0 radical (unpaired) electrons. The summed E-state index contributed by atoms with van der Waals surface area (Å²) in [7, 11) is 0. The summed E-state index contributed by atoms with van der Waals surface area (Å²) in [6, 6.07) is 6.43. The van der Waals surface area contributed by atoms with Crippen molar-refractivity contribution in [3.05, 3.63) is 52.9 Å². The van der Waals surface area contributed by atoms with Crippen molar-refractivity contribution in [2.24, 2.45) is 0 Å². The van der Waals surface area contributed by atoms with Crippen LogP contribution in [0.3, 0.4) is 0 Å². The number of aromatic nitrogens is 1. The van der Waals surface area contributed by atoms with Crippen LogP contribution in [0.1, 0.15) is 17.0 Å². The van der Waals surface area contributed by atoms with Crippen molar-refractivity contribution in [3.63, 3.8) is 0 Å². The van der Waals surface area contributed by atoms with Crippen molar-refractivity contribution in [1.82, 2.24) is 4.57 Å². The number of nitrogens with zero attached hydrogens (tertiary/aromatic N) is 1. The molecule has 1 aromatic heterocycles. The molecule has 0 N–H and O–H groups in total. The van der Waals surface area contributed by atoms with Crippen molar-refractivity contribution >= 4 is 0 Å². The summed E-state index contributed by atoms with van der Waals surface area (Å²) in [5.74, 6) is -1.03. The van der Waals surface area contributed by atoms with Crippen LogP contribution in [0.15, 0.2) is 24.3 Å². The molecule has 0 bridgehead atoms. The predicted molar refractivity (Wildman–Crippen MR) is 59.9 cm³/mol. The molecular formula is C13H13F2N. The monoisotopic (exact) mass is 221 g/mol. The first-order chi connectivity index (χ1) is 7.52. The quantitative estimate of drug-likeness (QED) is 0.692. The summed E-state index contributed by atoms with van der Waals surface area (Å²) in [6.07, 6.45) is 0. The molecule has 0 spiro atoms. The molecule has 0 saturated heterocycles. The first-order valence-electron chi connectivity index (χ1n) is 5.12. The lowest BCUT2D eigenvalue weighted by molar-refractivity contribution is 0.560. The van der Waals surface area contributed by atoms with Gasteiger partial charge in [0.05, 0.1) is 0 Å². The van der Waals surface area contributed by atoms with Gasteiger partial charge in [-0.25, -0.2) is 8.78 Å². The molecule has 2 aromatic rings. The zero-order chi connectivity index (χ0) is 11.9. The van der Waals surface area contributed by atoms with E-state index in [-0.39, 0.29) is 5.69 Å². The number of halogens is 2. The maximum absolute atomic E-state index is 13.9. The van der Waals surface area contributed by atoms with Gasteiger partial charge < -0.3 is 4.57 Å². The van der Waals surface area contributed by atoms with Crippen LogP contribution in [0.25, 0.3) is 5.69 Å². The van der Waals surface area contributed by atoms with E-state index in [0.717, 1.165) is 11.4 Å². The molecule has 0 aliphatic heterocycles. The molecule has 0 atom stereocenters. The standard InChI is InChI=1S/C13H13F2N/c1-8-4-7-11(14)13(12(8)15)16-9(2)5-6-10(16)3/h4-7H,1-3H3. The van der Waals surface area contributed by atoms with Gasteiger partial charge in [-0.1, -0.05) is 6.07 Å². The normalized spacial score (nSPS) is 10.8. The second-order valence-corrected chi connectivity index (χ2v) is 3.98. The number of hydrogen-bond acceptors (Lipinski definition) is 0. The van der Waals surface area contributed by atoms with Gasteiger partial charge in [-0.15, -0.1) is 0 Å². The number of hydrogen-bond donors (Lipinski definition) is 0. The van der Waals surface area contributed by atoms with E-state index in [1.54, 1.807) is 11.5 Å². The van der Waals surface area contributed by atoms with E-state index in [9.17, 15) is 8.78 Å². The second-order valence-electron chi connectivity index (χ2n) is 3.98. The molecule has 0 amide bonds. The van der Waals surface area contributed by atoms with Crippen molar-refractivity contribution in [3.8, 4) is 5.69 Å². The Balaban J connectivity index is 2.78. The molecule has 0 aliphatic rings. The summed E-state index contributed by atoms with van der Waals surface area (Å²) < 4.78 is 29.2. The number of rotatable bonds is 1. The van der Waals surface area contributed by atoms with Crippen LogP contribution >= 0.6 is 0 Å². The Morgan fingerprint density at radius 1 is 0.875 bits per heavy atom. The van der Waals surface area contributed by atoms with Crippen LogP contribution in [-0.4, -0.2) is 4.57 Å². The Bertz CT molecular complexity index is 522. The largest absolute Gasteiger partial charge is 0.313 e. The molecular weight excluding hydrogens is 208 g/mol. The molecule has 16 heavy (non-hydrogen) atoms. The molecule has 1 heterocycles. The second kappa shape index (κ2) is 3.74. The predicted octanol–water partition coefficient (Wildman–Crippen LogP) is 3.68. The average Bonchev–Trinajstić information content (AvgIpc) is 2.56. The molecule has 84 valence electrons. The maximum atomic E-state index is 13.9. The van der Waals surface area contributed by atoms with Crippen LogP contribution in [0.5, 0.6) is 0 Å². The highest BCUT2D eigenvalue weighted by atomic mass is 19.1. The average molecular weight is 221 g/mol. The molecule has 0 aliphatic carbocycles. The number of aryl methyl sites for hydroxylation is 3. The van der Waals surface area contributed by atoms with Crippen LogP contribution in [0.2, 0.25) is 0 Å². The van der Waals surface area contributed by atoms with Gasteiger partial charge in [-0.3, -0.25) is 0 Å². The Labute approximate surface area is 93.3 Å². The summed E-state index contributed by atoms with van der Waals surface area (Å²) in [5.41, 5.74) is 2.10. The molecule has 1 nitrogen and oxygen atoms in total. The minimum Gasteiger partial charge on any atom is -0.313 e. The van der Waals surface area contributed by atoms with Crippen molar-refractivity contribution < 1.29 is 8.78 Å². The molecule has 0 unspecified atom stereocenters. The van der Waals surface area contributed by atoms with Gasteiger partial charge in [0.2, 0.25) is 0 Å². The van der Waals surface area contributed by atoms with Crippen LogP contribution in [-0.2, 0) is 0 Å². The Hall–Kier alpha value is -1.64. The highest BCUT2D eigenvalue weighted by molar-refractivity contribution is 5.43. The fourth-order valence-electron chi connectivity index (χ4n) is 1.87. The number of benzene rings is 1. The summed E-state index contributed by atoms with van der Waals surface area (Å²) in [6.45, 7) is 5.29. The van der Waals surface area contributed by atoms with E-state index < -0.39 is 11.6 Å². The maximum Gasteiger partial charge on any atom is 0.153 e. The molecule has 1 aromatic carbocycles. The van der Waals surface area contributed by atoms with E-state index >= 15 is 0 Å². The lowest BCUT2D eigenvalue weighted by atomic mass is 10.2. The summed E-state index contributed by atoms with van der Waals surface area (Å²) in [4.78, 5) is 0. The fourth-order valence-corrected chi connectivity index (χ4v) is 1.87. The van der Waals surface area contributed by atoms with Crippen molar-refractivity contribution in [2.45, 2.75) is 20.8 Å². The topological polar surface area (TPSA) is 4.93 Å². The highest BCUT2D eigenvalue weighted by Gasteiger charge is 2.15. The van der Waals surface area contributed by atoms with Crippen molar-refractivity contribution in [1.29, 1.82) is 0 Å². The Morgan fingerprint density at radius 2 is 1.44 bits per heavy atom. The minimum atomic E-state index is -0.537. The minimum absolute atomic E-state index is 0.0139. The zero-order valence-corrected chi connectivity index (χ0v) is 9.51. The van der Waals surface area contributed by atoms with Crippen LogP contribution in [0.4, 0.5) is 8.78 Å². The molecule has 0 fully saturated rings. The molecule has 2 rings (SSSR count). The SMILES string of the molecule is Cc1ccc(F)c(-n2c(C)ccc2C)c1F. The van der Waals surface area contributed by atoms with Gasteiger partial charge in [-0.05, 0) is 44.5 Å². The lowest BCUT2D eigenvalue weighted by Gasteiger charge is -2.12.